The van der Waals surface area contributed by atoms with E-state index in [-0.39, 0.29) is 5.95 Å². The van der Waals surface area contributed by atoms with Crippen molar-refractivity contribution < 1.29 is 4.74 Å². The number of anilines is 1. The highest BCUT2D eigenvalue weighted by molar-refractivity contribution is 5.28. The zero-order valence-electron chi connectivity index (χ0n) is 9.43. The average molecular weight is 219 g/mol. The zero-order valence-corrected chi connectivity index (χ0v) is 9.43. The minimum absolute atomic E-state index is 0.203. The fourth-order valence-electron chi connectivity index (χ4n) is 1.40. The van der Waals surface area contributed by atoms with E-state index in [0.29, 0.717) is 11.8 Å². The molecule has 0 fully saturated rings. The van der Waals surface area contributed by atoms with Gasteiger partial charge in [0.15, 0.2) is 0 Å². The minimum atomic E-state index is 0.203. The number of rotatable bonds is 2. The summed E-state index contributed by atoms with van der Waals surface area (Å²) >= 11 is 0. The van der Waals surface area contributed by atoms with Crippen LogP contribution in [0.25, 0.3) is 0 Å². The van der Waals surface area contributed by atoms with Crippen LogP contribution < -0.4 is 10.5 Å². The van der Waals surface area contributed by atoms with Crippen LogP contribution >= 0.6 is 0 Å². The van der Waals surface area contributed by atoms with Crippen molar-refractivity contribution >= 4 is 5.95 Å². The molecular formula is C10H13N5O. The predicted molar refractivity (Wildman–Crippen MR) is 59.2 cm³/mol. The van der Waals surface area contributed by atoms with Crippen LogP contribution in [-0.2, 0) is 7.05 Å². The van der Waals surface area contributed by atoms with Crippen LogP contribution in [0.2, 0.25) is 0 Å². The van der Waals surface area contributed by atoms with Gasteiger partial charge in [0.1, 0.15) is 0 Å². The summed E-state index contributed by atoms with van der Waals surface area (Å²) in [4.78, 5) is 7.95. The minimum Gasteiger partial charge on any atom is -0.421 e. The maximum Gasteiger partial charge on any atom is 0.226 e. The zero-order chi connectivity index (χ0) is 11.7. The van der Waals surface area contributed by atoms with E-state index in [0.717, 1.165) is 11.4 Å². The summed E-state index contributed by atoms with van der Waals surface area (Å²) in [6, 6.07) is 3.55. The lowest BCUT2D eigenvalue weighted by Crippen LogP contribution is -2.01. The molecule has 0 amide bonds. The van der Waals surface area contributed by atoms with Gasteiger partial charge in [-0.25, -0.2) is 9.67 Å². The van der Waals surface area contributed by atoms with Gasteiger partial charge >= 0.3 is 0 Å². The lowest BCUT2D eigenvalue weighted by molar-refractivity contribution is 0.415. The van der Waals surface area contributed by atoms with E-state index in [1.807, 2.05) is 19.9 Å². The first kappa shape index (κ1) is 10.4. The Morgan fingerprint density at radius 3 is 2.50 bits per heavy atom. The van der Waals surface area contributed by atoms with Crippen LogP contribution in [0.1, 0.15) is 11.4 Å². The van der Waals surface area contributed by atoms with Crippen molar-refractivity contribution in [3.63, 3.8) is 0 Å². The number of nitrogens with zero attached hydrogens (tertiary/aromatic N) is 4. The first-order valence-electron chi connectivity index (χ1n) is 4.84. The van der Waals surface area contributed by atoms with Gasteiger partial charge in [-0.2, -0.15) is 10.1 Å². The standard InChI is InChI=1S/C10H13N5O/c1-6-4-8(13-10(11)12-6)16-9-5-7(2)14-15(9)3/h4-5H,1-3H3,(H2,11,12,13). The molecule has 0 aliphatic carbocycles. The molecule has 0 aromatic carbocycles. The second-order valence-electron chi connectivity index (χ2n) is 3.56. The van der Waals surface area contributed by atoms with Crippen molar-refractivity contribution in [3.05, 3.63) is 23.5 Å². The molecule has 6 nitrogen and oxygen atoms in total. The van der Waals surface area contributed by atoms with Gasteiger partial charge in [-0.15, -0.1) is 0 Å². The summed E-state index contributed by atoms with van der Waals surface area (Å²) in [5, 5.41) is 4.17. The number of nitrogens with two attached hydrogens (primary N) is 1. The monoisotopic (exact) mass is 219 g/mol. The van der Waals surface area contributed by atoms with Crippen molar-refractivity contribution in [2.75, 3.05) is 5.73 Å². The molecule has 2 N–H and O–H groups in total. The largest absolute Gasteiger partial charge is 0.421 e. The van der Waals surface area contributed by atoms with Gasteiger partial charge in [0.25, 0.3) is 0 Å². The van der Waals surface area contributed by atoms with Crippen molar-refractivity contribution in [1.82, 2.24) is 19.7 Å². The lowest BCUT2D eigenvalue weighted by Gasteiger charge is -2.05. The molecule has 0 saturated heterocycles. The third kappa shape index (κ3) is 2.10. The van der Waals surface area contributed by atoms with Crippen LogP contribution in [0.4, 0.5) is 5.95 Å². The molecular weight excluding hydrogens is 206 g/mol. The number of hydrogen-bond acceptors (Lipinski definition) is 5. The summed E-state index contributed by atoms with van der Waals surface area (Å²) in [5.41, 5.74) is 7.18. The highest BCUT2D eigenvalue weighted by Crippen LogP contribution is 2.20. The summed E-state index contributed by atoms with van der Waals surface area (Å²) in [6.45, 7) is 3.73. The Morgan fingerprint density at radius 1 is 1.19 bits per heavy atom. The second kappa shape index (κ2) is 3.80. The Labute approximate surface area is 93.1 Å². The van der Waals surface area contributed by atoms with Crippen molar-refractivity contribution in [2.24, 2.45) is 7.05 Å². The summed E-state index contributed by atoms with van der Waals surface area (Å²) in [7, 11) is 1.81. The Hall–Kier alpha value is -2.11. The maximum absolute atomic E-state index is 5.56. The Morgan fingerprint density at radius 2 is 1.94 bits per heavy atom. The molecule has 0 radical (unpaired) electrons. The number of aryl methyl sites for hydroxylation is 3. The third-order valence-corrected chi connectivity index (χ3v) is 2.02. The van der Waals surface area contributed by atoms with Crippen molar-refractivity contribution in [2.45, 2.75) is 13.8 Å². The molecule has 0 aliphatic rings. The van der Waals surface area contributed by atoms with Gasteiger partial charge in [0, 0.05) is 24.9 Å². The summed E-state index contributed by atoms with van der Waals surface area (Å²) < 4.78 is 7.20. The highest BCUT2D eigenvalue weighted by Gasteiger charge is 2.06. The van der Waals surface area contributed by atoms with Gasteiger partial charge in [-0.05, 0) is 13.8 Å². The fourth-order valence-corrected chi connectivity index (χ4v) is 1.40. The van der Waals surface area contributed by atoms with E-state index in [9.17, 15) is 0 Å². The van der Waals surface area contributed by atoms with Crippen molar-refractivity contribution in [1.29, 1.82) is 0 Å². The molecule has 0 atom stereocenters. The molecule has 0 spiro atoms. The van der Waals surface area contributed by atoms with Crippen LogP contribution in [0, 0.1) is 13.8 Å². The Bertz CT molecular complexity index is 500. The topological polar surface area (TPSA) is 78.8 Å². The average Bonchev–Trinajstić information content (AvgIpc) is 2.43. The summed E-state index contributed by atoms with van der Waals surface area (Å²) in [6.07, 6.45) is 0. The number of nitrogen functional groups attached to an aromatic ring is 1. The molecule has 0 aliphatic heterocycles. The molecule has 2 aromatic rings. The molecule has 0 saturated carbocycles. The molecule has 0 bridgehead atoms. The Kier molecular flexibility index (Phi) is 2.47. The molecule has 2 rings (SSSR count). The first-order valence-corrected chi connectivity index (χ1v) is 4.84. The molecule has 6 heteroatoms. The summed E-state index contributed by atoms with van der Waals surface area (Å²) in [5.74, 6) is 1.25. The van der Waals surface area contributed by atoms with Gasteiger partial charge in [-0.3, -0.25) is 0 Å². The second-order valence-corrected chi connectivity index (χ2v) is 3.56. The van der Waals surface area contributed by atoms with Crippen LogP contribution in [0.15, 0.2) is 12.1 Å². The highest BCUT2D eigenvalue weighted by atomic mass is 16.5. The molecule has 84 valence electrons. The van der Waals surface area contributed by atoms with E-state index in [2.05, 4.69) is 15.1 Å². The van der Waals surface area contributed by atoms with Gasteiger partial charge in [0.05, 0.1) is 5.69 Å². The SMILES string of the molecule is Cc1cc(Oc2cc(C)nn2C)nc(N)n1. The Balaban J connectivity index is 2.30. The van der Waals surface area contributed by atoms with Crippen LogP contribution in [0.5, 0.6) is 11.8 Å². The first-order chi connectivity index (χ1) is 7.54. The van der Waals surface area contributed by atoms with Crippen LogP contribution in [-0.4, -0.2) is 19.7 Å². The predicted octanol–water partition coefficient (Wildman–Crippen LogP) is 1.20. The van der Waals surface area contributed by atoms with E-state index < -0.39 is 0 Å². The third-order valence-electron chi connectivity index (χ3n) is 2.02. The molecule has 16 heavy (non-hydrogen) atoms. The fraction of sp³-hybridized carbons (Fsp3) is 0.300. The number of ether oxygens (including phenoxy) is 1. The van der Waals surface area contributed by atoms with Crippen LogP contribution in [0.3, 0.4) is 0 Å². The van der Waals surface area contributed by atoms with Gasteiger partial charge in [0.2, 0.25) is 17.7 Å². The molecule has 2 heterocycles. The van der Waals surface area contributed by atoms with E-state index in [1.54, 1.807) is 17.8 Å². The van der Waals surface area contributed by atoms with E-state index in [1.165, 1.54) is 0 Å². The number of hydrogen-bond donors (Lipinski definition) is 1. The molecule has 2 aromatic heterocycles. The molecule has 0 unspecified atom stereocenters. The normalized spacial score (nSPS) is 10.4. The quantitative estimate of drug-likeness (QED) is 0.821. The van der Waals surface area contributed by atoms with E-state index >= 15 is 0 Å². The van der Waals surface area contributed by atoms with Crippen molar-refractivity contribution in [3.8, 4) is 11.8 Å². The smallest absolute Gasteiger partial charge is 0.226 e. The maximum atomic E-state index is 5.56. The van der Waals surface area contributed by atoms with E-state index in [4.69, 9.17) is 10.5 Å². The number of aromatic nitrogens is 4. The lowest BCUT2D eigenvalue weighted by atomic mass is 10.4. The van der Waals surface area contributed by atoms with Gasteiger partial charge < -0.3 is 10.5 Å². The van der Waals surface area contributed by atoms with Gasteiger partial charge in [-0.1, -0.05) is 0 Å².